The molecule has 0 aromatic heterocycles. The van der Waals surface area contributed by atoms with E-state index in [4.69, 9.17) is 17.3 Å². The summed E-state index contributed by atoms with van der Waals surface area (Å²) in [7, 11) is -3.59. The fraction of sp³-hybridized carbons (Fsp3) is 0.571. The molecule has 0 heterocycles. The molecule has 120 valence electrons. The Labute approximate surface area is 132 Å². The van der Waals surface area contributed by atoms with Gasteiger partial charge in [-0.15, -0.1) is 0 Å². The van der Waals surface area contributed by atoms with Crippen LogP contribution in [0.5, 0.6) is 0 Å². The van der Waals surface area contributed by atoms with Crippen molar-refractivity contribution in [1.29, 1.82) is 0 Å². The second kappa shape index (κ2) is 8.70. The summed E-state index contributed by atoms with van der Waals surface area (Å²) >= 11 is 5.98. The fourth-order valence-corrected chi connectivity index (χ4v) is 3.63. The van der Waals surface area contributed by atoms with Gasteiger partial charge in [-0.1, -0.05) is 31.5 Å². The van der Waals surface area contributed by atoms with E-state index in [1.165, 1.54) is 6.07 Å². The number of nitrogens with one attached hydrogen (secondary N) is 1. The van der Waals surface area contributed by atoms with Gasteiger partial charge >= 0.3 is 0 Å². The number of benzene rings is 1. The first-order valence-corrected chi connectivity index (χ1v) is 9.01. The van der Waals surface area contributed by atoms with Crippen molar-refractivity contribution in [3.63, 3.8) is 0 Å². The summed E-state index contributed by atoms with van der Waals surface area (Å²) in [5.74, 6) is 0. The molecule has 0 spiro atoms. The maximum Gasteiger partial charge on any atom is 0.242 e. The average Bonchev–Trinajstić information content (AvgIpc) is 2.47. The molecule has 5 nitrogen and oxygen atoms in total. The second-order valence-corrected chi connectivity index (χ2v) is 6.89. The molecule has 0 radical (unpaired) electrons. The van der Waals surface area contributed by atoms with Crippen molar-refractivity contribution in [3.8, 4) is 0 Å². The maximum atomic E-state index is 12.3. The minimum absolute atomic E-state index is 0.0926. The zero-order valence-electron chi connectivity index (χ0n) is 12.6. The lowest BCUT2D eigenvalue weighted by molar-refractivity contribution is 0.300. The SMILES string of the molecule is CCN(CC)CCCNS(=O)(=O)c1cc(CN)ccc1Cl. The van der Waals surface area contributed by atoms with Gasteiger partial charge in [0.2, 0.25) is 10.0 Å². The molecule has 0 saturated heterocycles. The lowest BCUT2D eigenvalue weighted by Crippen LogP contribution is -2.30. The lowest BCUT2D eigenvalue weighted by atomic mass is 10.2. The minimum atomic E-state index is -3.59. The van der Waals surface area contributed by atoms with Gasteiger partial charge in [-0.3, -0.25) is 0 Å². The topological polar surface area (TPSA) is 75.4 Å². The third-order valence-electron chi connectivity index (χ3n) is 3.36. The summed E-state index contributed by atoms with van der Waals surface area (Å²) in [6.07, 6.45) is 0.759. The van der Waals surface area contributed by atoms with Gasteiger partial charge in [0.1, 0.15) is 4.90 Å². The Morgan fingerprint density at radius 1 is 1.29 bits per heavy atom. The van der Waals surface area contributed by atoms with Gasteiger partial charge in [0, 0.05) is 13.1 Å². The Balaban J connectivity index is 2.65. The molecule has 0 saturated carbocycles. The number of rotatable bonds is 9. The Kier molecular flexibility index (Phi) is 7.62. The van der Waals surface area contributed by atoms with Gasteiger partial charge in [0.15, 0.2) is 0 Å². The molecule has 0 aliphatic rings. The first-order chi connectivity index (χ1) is 9.94. The van der Waals surface area contributed by atoms with Crippen LogP contribution in [0, 0.1) is 0 Å². The van der Waals surface area contributed by atoms with Gasteiger partial charge in [-0.25, -0.2) is 13.1 Å². The quantitative estimate of drug-likeness (QED) is 0.676. The minimum Gasteiger partial charge on any atom is -0.326 e. The Bertz CT molecular complexity index is 545. The van der Waals surface area contributed by atoms with Crippen LogP contribution in [0.4, 0.5) is 0 Å². The number of hydrogen-bond acceptors (Lipinski definition) is 4. The maximum absolute atomic E-state index is 12.3. The van der Waals surface area contributed by atoms with Gasteiger partial charge in [-0.05, 0) is 43.8 Å². The van der Waals surface area contributed by atoms with E-state index in [1.807, 2.05) is 0 Å². The summed E-state index contributed by atoms with van der Waals surface area (Å²) < 4.78 is 27.1. The predicted octanol–water partition coefficient (Wildman–Crippen LogP) is 1.81. The molecule has 0 atom stereocenters. The first kappa shape index (κ1) is 18.4. The van der Waals surface area contributed by atoms with Crippen LogP contribution in [0.15, 0.2) is 23.1 Å². The Hall–Kier alpha value is -0.660. The van der Waals surface area contributed by atoms with Crippen molar-refractivity contribution in [2.24, 2.45) is 5.73 Å². The average molecular weight is 334 g/mol. The number of hydrogen-bond donors (Lipinski definition) is 2. The van der Waals surface area contributed by atoms with Crippen LogP contribution in [0.3, 0.4) is 0 Å². The Morgan fingerprint density at radius 3 is 2.52 bits per heavy atom. The molecular weight excluding hydrogens is 310 g/mol. The Morgan fingerprint density at radius 2 is 1.95 bits per heavy atom. The van der Waals surface area contributed by atoms with E-state index < -0.39 is 10.0 Å². The van der Waals surface area contributed by atoms with Crippen molar-refractivity contribution >= 4 is 21.6 Å². The fourth-order valence-electron chi connectivity index (χ4n) is 2.01. The van der Waals surface area contributed by atoms with Crippen LogP contribution < -0.4 is 10.5 Å². The smallest absolute Gasteiger partial charge is 0.242 e. The van der Waals surface area contributed by atoms with E-state index in [1.54, 1.807) is 12.1 Å². The molecule has 1 aromatic rings. The second-order valence-electron chi connectivity index (χ2n) is 4.75. The standard InChI is InChI=1S/C14H24ClN3O2S/c1-3-18(4-2)9-5-8-17-21(19,20)14-10-12(11-16)6-7-13(14)15/h6-7,10,17H,3-5,8-9,11,16H2,1-2H3. The van der Waals surface area contributed by atoms with Crippen molar-refractivity contribution in [2.45, 2.75) is 31.7 Å². The normalized spacial score (nSPS) is 12.0. The van der Waals surface area contributed by atoms with Crippen LogP contribution in [0.2, 0.25) is 5.02 Å². The number of halogens is 1. The summed E-state index contributed by atoms with van der Waals surface area (Å²) in [6, 6.07) is 4.81. The summed E-state index contributed by atoms with van der Waals surface area (Å²) in [4.78, 5) is 2.34. The van der Waals surface area contributed by atoms with Gasteiger partial charge < -0.3 is 10.6 Å². The molecular formula is C14H24ClN3O2S. The highest BCUT2D eigenvalue weighted by molar-refractivity contribution is 7.89. The van der Waals surface area contributed by atoms with Gasteiger partial charge in [-0.2, -0.15) is 0 Å². The molecule has 0 bridgehead atoms. The lowest BCUT2D eigenvalue weighted by Gasteiger charge is -2.17. The molecule has 1 aromatic carbocycles. The number of nitrogens with two attached hydrogens (primary N) is 1. The molecule has 7 heteroatoms. The van der Waals surface area contributed by atoms with E-state index in [-0.39, 0.29) is 16.5 Å². The molecule has 0 amide bonds. The van der Waals surface area contributed by atoms with Crippen molar-refractivity contribution in [3.05, 3.63) is 28.8 Å². The third-order valence-corrected chi connectivity index (χ3v) is 5.30. The molecule has 0 aliphatic carbocycles. The monoisotopic (exact) mass is 333 g/mol. The van der Waals surface area contributed by atoms with E-state index in [0.717, 1.165) is 31.6 Å². The van der Waals surface area contributed by atoms with Crippen LogP contribution in [0.1, 0.15) is 25.8 Å². The van der Waals surface area contributed by atoms with Gasteiger partial charge in [0.25, 0.3) is 0 Å². The highest BCUT2D eigenvalue weighted by atomic mass is 35.5. The zero-order chi connectivity index (χ0) is 15.9. The van der Waals surface area contributed by atoms with Crippen molar-refractivity contribution in [2.75, 3.05) is 26.2 Å². The molecule has 21 heavy (non-hydrogen) atoms. The first-order valence-electron chi connectivity index (χ1n) is 7.15. The summed E-state index contributed by atoms with van der Waals surface area (Å²) in [5.41, 5.74) is 6.27. The molecule has 3 N–H and O–H groups in total. The van der Waals surface area contributed by atoms with Crippen LogP contribution in [0.25, 0.3) is 0 Å². The summed E-state index contributed by atoms with van der Waals surface area (Å²) in [5, 5.41) is 0.212. The zero-order valence-corrected chi connectivity index (χ0v) is 14.2. The highest BCUT2D eigenvalue weighted by Crippen LogP contribution is 2.22. The van der Waals surface area contributed by atoms with Crippen LogP contribution in [-0.2, 0) is 16.6 Å². The van der Waals surface area contributed by atoms with E-state index >= 15 is 0 Å². The van der Waals surface area contributed by atoms with Crippen molar-refractivity contribution in [1.82, 2.24) is 9.62 Å². The molecule has 0 unspecified atom stereocenters. The van der Waals surface area contributed by atoms with Crippen LogP contribution >= 0.6 is 11.6 Å². The predicted molar refractivity (Wildman–Crippen MR) is 86.9 cm³/mol. The van der Waals surface area contributed by atoms with E-state index in [9.17, 15) is 8.42 Å². The molecule has 0 aliphatic heterocycles. The van der Waals surface area contributed by atoms with E-state index in [0.29, 0.717) is 6.54 Å². The number of nitrogens with zero attached hydrogens (tertiary/aromatic N) is 1. The largest absolute Gasteiger partial charge is 0.326 e. The highest BCUT2D eigenvalue weighted by Gasteiger charge is 2.17. The molecule has 0 fully saturated rings. The van der Waals surface area contributed by atoms with Crippen molar-refractivity contribution < 1.29 is 8.42 Å². The third kappa shape index (κ3) is 5.56. The van der Waals surface area contributed by atoms with Gasteiger partial charge in [0.05, 0.1) is 5.02 Å². The van der Waals surface area contributed by atoms with Crippen LogP contribution in [-0.4, -0.2) is 39.5 Å². The van der Waals surface area contributed by atoms with E-state index in [2.05, 4.69) is 23.5 Å². The summed E-state index contributed by atoms with van der Waals surface area (Å²) in [6.45, 7) is 7.65. The number of sulfonamides is 1. The molecule has 1 rings (SSSR count).